The smallest absolute Gasteiger partial charge is 0.168 e. The number of aromatic amines is 1. The molecule has 88 valence electrons. The van der Waals surface area contributed by atoms with E-state index in [1.54, 1.807) is 0 Å². The minimum absolute atomic E-state index is 0.0424. The summed E-state index contributed by atoms with van der Waals surface area (Å²) in [7, 11) is 0. The van der Waals surface area contributed by atoms with E-state index in [-0.39, 0.29) is 5.41 Å². The maximum Gasteiger partial charge on any atom is 0.168 e. The highest BCUT2D eigenvalue weighted by atomic mass is 35.5. The molecule has 17 heavy (non-hydrogen) atoms. The van der Waals surface area contributed by atoms with E-state index >= 15 is 0 Å². The van der Waals surface area contributed by atoms with Crippen LogP contribution in [0.4, 0.5) is 11.5 Å². The van der Waals surface area contributed by atoms with Crippen LogP contribution < -0.4 is 11.5 Å². The Hall–Kier alpha value is -1.68. The van der Waals surface area contributed by atoms with Gasteiger partial charge in [-0.1, -0.05) is 23.7 Å². The molecule has 2 aromatic rings. The molecular weight excluding hydrogens is 236 g/mol. The van der Waals surface area contributed by atoms with E-state index in [1.165, 1.54) is 5.56 Å². The van der Waals surface area contributed by atoms with Gasteiger partial charge in [0, 0.05) is 10.4 Å². The molecule has 0 amide bonds. The van der Waals surface area contributed by atoms with Crippen molar-refractivity contribution in [2.24, 2.45) is 0 Å². The first-order chi connectivity index (χ1) is 8.13. The lowest BCUT2D eigenvalue weighted by Gasteiger charge is -2.14. The van der Waals surface area contributed by atoms with Gasteiger partial charge in [0.15, 0.2) is 5.82 Å². The quantitative estimate of drug-likeness (QED) is 0.763. The molecule has 0 radical (unpaired) electrons. The van der Waals surface area contributed by atoms with Crippen molar-refractivity contribution in [3.63, 3.8) is 0 Å². The maximum absolute atomic E-state index is 5.95. The monoisotopic (exact) mass is 248 g/mol. The van der Waals surface area contributed by atoms with Crippen LogP contribution in [0.2, 0.25) is 5.02 Å². The number of hydrogen-bond donors (Lipinski definition) is 3. The number of H-pyrrole nitrogens is 1. The minimum Gasteiger partial charge on any atom is -0.394 e. The maximum atomic E-state index is 5.95. The van der Waals surface area contributed by atoms with Gasteiger partial charge in [0.2, 0.25) is 0 Å². The molecule has 0 saturated heterocycles. The van der Waals surface area contributed by atoms with Gasteiger partial charge in [0.05, 0.1) is 11.4 Å². The second-order valence-corrected chi connectivity index (χ2v) is 4.92. The van der Waals surface area contributed by atoms with Gasteiger partial charge in [0.1, 0.15) is 0 Å². The molecule has 1 fully saturated rings. The number of nitrogen functional groups attached to an aromatic ring is 2. The molecule has 0 atom stereocenters. The number of nitrogens with two attached hydrogens (primary N) is 2. The van der Waals surface area contributed by atoms with Crippen molar-refractivity contribution in [1.82, 2.24) is 10.2 Å². The number of benzene rings is 1. The average molecular weight is 249 g/mol. The van der Waals surface area contributed by atoms with Crippen LogP contribution in [-0.4, -0.2) is 10.2 Å². The Labute approximate surface area is 104 Å². The largest absolute Gasteiger partial charge is 0.394 e. The zero-order chi connectivity index (χ0) is 12.0. The molecule has 1 saturated carbocycles. The first kappa shape index (κ1) is 10.5. The Balaban J connectivity index is 2.07. The third kappa shape index (κ3) is 1.48. The van der Waals surface area contributed by atoms with Crippen LogP contribution in [0.15, 0.2) is 24.3 Å². The number of anilines is 2. The molecule has 0 spiro atoms. The molecule has 5 heteroatoms. The molecule has 5 N–H and O–H groups in total. The Bertz CT molecular complexity index is 554. The van der Waals surface area contributed by atoms with E-state index in [4.69, 9.17) is 23.1 Å². The first-order valence-corrected chi connectivity index (χ1v) is 5.87. The van der Waals surface area contributed by atoms with Crippen LogP contribution in [0.3, 0.4) is 0 Å². The summed E-state index contributed by atoms with van der Waals surface area (Å²) in [5.74, 6) is 0.375. The van der Waals surface area contributed by atoms with Crippen LogP contribution >= 0.6 is 11.6 Å². The molecule has 1 aliphatic rings. The molecule has 1 heterocycles. The predicted molar refractivity (Wildman–Crippen MR) is 68.9 cm³/mol. The van der Waals surface area contributed by atoms with Gasteiger partial charge < -0.3 is 11.5 Å². The second kappa shape index (κ2) is 3.40. The van der Waals surface area contributed by atoms with Crippen molar-refractivity contribution in [2.45, 2.75) is 18.3 Å². The lowest BCUT2D eigenvalue weighted by molar-refractivity contribution is 0.794. The summed E-state index contributed by atoms with van der Waals surface area (Å²) in [4.78, 5) is 0. The first-order valence-electron chi connectivity index (χ1n) is 5.49. The van der Waals surface area contributed by atoms with E-state index in [2.05, 4.69) is 10.2 Å². The molecule has 1 aliphatic carbocycles. The van der Waals surface area contributed by atoms with Gasteiger partial charge >= 0.3 is 0 Å². The van der Waals surface area contributed by atoms with E-state index in [0.29, 0.717) is 11.5 Å². The Morgan fingerprint density at radius 2 is 1.82 bits per heavy atom. The SMILES string of the molecule is Nc1n[nH]c(C2(c3ccc(Cl)cc3)CC2)c1N. The minimum atomic E-state index is -0.0424. The van der Waals surface area contributed by atoms with Crippen LogP contribution in [0, 0.1) is 0 Å². The lowest BCUT2D eigenvalue weighted by Crippen LogP contribution is -2.11. The summed E-state index contributed by atoms with van der Waals surface area (Å²) < 4.78 is 0. The van der Waals surface area contributed by atoms with Gasteiger partial charge in [-0.05, 0) is 30.5 Å². The molecular formula is C12H13ClN4. The van der Waals surface area contributed by atoms with Crippen molar-refractivity contribution in [3.8, 4) is 0 Å². The molecule has 3 rings (SSSR count). The fourth-order valence-corrected chi connectivity index (χ4v) is 2.43. The molecule has 0 bridgehead atoms. The van der Waals surface area contributed by atoms with Crippen molar-refractivity contribution < 1.29 is 0 Å². The van der Waals surface area contributed by atoms with Crippen LogP contribution in [0.5, 0.6) is 0 Å². The zero-order valence-electron chi connectivity index (χ0n) is 9.20. The fraction of sp³-hybridized carbons (Fsp3) is 0.250. The number of aromatic nitrogens is 2. The van der Waals surface area contributed by atoms with Gasteiger partial charge in [-0.2, -0.15) is 5.10 Å². The van der Waals surface area contributed by atoms with Crippen molar-refractivity contribution in [2.75, 3.05) is 11.5 Å². The Kier molecular flexibility index (Phi) is 2.10. The predicted octanol–water partition coefficient (Wildman–Crippen LogP) is 2.31. The number of rotatable bonds is 2. The molecule has 1 aromatic carbocycles. The molecule has 0 aliphatic heterocycles. The van der Waals surface area contributed by atoms with Gasteiger partial charge in [-0.15, -0.1) is 0 Å². The summed E-state index contributed by atoms with van der Waals surface area (Å²) in [6.07, 6.45) is 2.11. The lowest BCUT2D eigenvalue weighted by atomic mass is 9.91. The van der Waals surface area contributed by atoms with Gasteiger partial charge in [0.25, 0.3) is 0 Å². The summed E-state index contributed by atoms with van der Waals surface area (Å²) in [6.45, 7) is 0. The Morgan fingerprint density at radius 3 is 2.29 bits per heavy atom. The second-order valence-electron chi connectivity index (χ2n) is 4.49. The summed E-state index contributed by atoms with van der Waals surface area (Å²) in [6, 6.07) is 7.86. The van der Waals surface area contributed by atoms with Crippen LogP contribution in [0.1, 0.15) is 24.1 Å². The Morgan fingerprint density at radius 1 is 1.18 bits per heavy atom. The van der Waals surface area contributed by atoms with Crippen molar-refractivity contribution >= 4 is 23.1 Å². The number of nitrogens with one attached hydrogen (secondary N) is 1. The van der Waals surface area contributed by atoms with Gasteiger partial charge in [-0.25, -0.2) is 0 Å². The summed E-state index contributed by atoms with van der Waals surface area (Å²) >= 11 is 5.90. The van der Waals surface area contributed by atoms with Crippen LogP contribution in [-0.2, 0) is 5.41 Å². The zero-order valence-corrected chi connectivity index (χ0v) is 9.96. The molecule has 1 aromatic heterocycles. The highest BCUT2D eigenvalue weighted by Gasteiger charge is 2.48. The third-order valence-electron chi connectivity index (χ3n) is 3.46. The van der Waals surface area contributed by atoms with Crippen molar-refractivity contribution in [3.05, 3.63) is 40.5 Å². The topological polar surface area (TPSA) is 80.7 Å². The van der Waals surface area contributed by atoms with E-state index in [1.807, 2.05) is 24.3 Å². The molecule has 4 nitrogen and oxygen atoms in total. The van der Waals surface area contributed by atoms with Gasteiger partial charge in [-0.3, -0.25) is 5.10 Å². The summed E-state index contributed by atoms with van der Waals surface area (Å²) in [5.41, 5.74) is 14.3. The number of halogens is 1. The average Bonchev–Trinajstić information content (AvgIpc) is 3.05. The standard InChI is InChI=1S/C12H13ClN4/c13-8-3-1-7(2-4-8)12(5-6-12)10-9(14)11(15)17-16-10/h1-4H,5-6,14H2,(H3,15,16,17). The van der Waals surface area contributed by atoms with Crippen LogP contribution in [0.25, 0.3) is 0 Å². The number of nitrogens with zero attached hydrogens (tertiary/aromatic N) is 1. The van der Waals surface area contributed by atoms with E-state index in [0.717, 1.165) is 23.6 Å². The third-order valence-corrected chi connectivity index (χ3v) is 3.71. The van der Waals surface area contributed by atoms with Crippen molar-refractivity contribution in [1.29, 1.82) is 0 Å². The molecule has 0 unspecified atom stereocenters. The highest BCUT2D eigenvalue weighted by Crippen LogP contribution is 2.55. The van der Waals surface area contributed by atoms with E-state index < -0.39 is 0 Å². The fourth-order valence-electron chi connectivity index (χ4n) is 2.31. The number of hydrogen-bond acceptors (Lipinski definition) is 3. The van der Waals surface area contributed by atoms with E-state index in [9.17, 15) is 0 Å². The normalized spacial score (nSPS) is 17.0. The summed E-state index contributed by atoms with van der Waals surface area (Å²) in [5, 5.41) is 7.66. The highest BCUT2D eigenvalue weighted by molar-refractivity contribution is 6.30.